The molecule has 0 aliphatic carbocycles. The molecule has 21 heavy (non-hydrogen) atoms. The highest BCUT2D eigenvalue weighted by Crippen LogP contribution is 2.27. The molecule has 2 aromatic rings. The van der Waals surface area contributed by atoms with Crippen molar-refractivity contribution in [3.63, 3.8) is 0 Å². The van der Waals surface area contributed by atoms with Gasteiger partial charge in [-0.25, -0.2) is 0 Å². The number of fused-ring (bicyclic) bond motifs is 1. The van der Waals surface area contributed by atoms with E-state index < -0.39 is 0 Å². The lowest BCUT2D eigenvalue weighted by atomic mass is 9.97. The summed E-state index contributed by atoms with van der Waals surface area (Å²) in [5, 5.41) is 8.05. The zero-order chi connectivity index (χ0) is 14.7. The van der Waals surface area contributed by atoms with Crippen LogP contribution in [0.2, 0.25) is 5.02 Å². The van der Waals surface area contributed by atoms with Gasteiger partial charge in [0, 0.05) is 23.7 Å². The first-order valence-corrected chi connectivity index (χ1v) is 7.92. The molecule has 110 valence electrons. The molecule has 1 heterocycles. The molecule has 1 aliphatic rings. The van der Waals surface area contributed by atoms with Crippen molar-refractivity contribution in [2.75, 3.05) is 6.54 Å². The van der Waals surface area contributed by atoms with Crippen LogP contribution in [0.25, 0.3) is 0 Å². The van der Waals surface area contributed by atoms with E-state index in [1.54, 1.807) is 0 Å². The molecule has 0 aromatic heterocycles. The maximum atomic E-state index is 5.97. The third-order valence-electron chi connectivity index (χ3n) is 4.18. The number of hydrogen-bond donors (Lipinski definition) is 2. The first-order chi connectivity index (χ1) is 10.2. The molecular formula is C18H21ClN2. The van der Waals surface area contributed by atoms with E-state index in [1.807, 2.05) is 12.1 Å². The normalized spacial score (nSPS) is 19.6. The van der Waals surface area contributed by atoms with Gasteiger partial charge in [0.05, 0.1) is 0 Å². The van der Waals surface area contributed by atoms with Crippen LogP contribution in [0, 0.1) is 0 Å². The minimum Gasteiger partial charge on any atom is -0.313 e. The number of rotatable bonds is 3. The van der Waals surface area contributed by atoms with Gasteiger partial charge in [-0.2, -0.15) is 0 Å². The highest BCUT2D eigenvalue weighted by molar-refractivity contribution is 6.30. The third kappa shape index (κ3) is 3.46. The maximum Gasteiger partial charge on any atom is 0.0406 e. The van der Waals surface area contributed by atoms with Crippen molar-refractivity contribution in [2.45, 2.75) is 32.0 Å². The van der Waals surface area contributed by atoms with E-state index in [4.69, 9.17) is 11.6 Å². The Labute approximate surface area is 131 Å². The van der Waals surface area contributed by atoms with Gasteiger partial charge in [0.1, 0.15) is 0 Å². The molecule has 0 spiro atoms. The molecule has 0 saturated heterocycles. The molecule has 2 aromatic carbocycles. The topological polar surface area (TPSA) is 24.1 Å². The fourth-order valence-electron chi connectivity index (χ4n) is 2.98. The molecule has 0 fully saturated rings. The van der Waals surface area contributed by atoms with E-state index >= 15 is 0 Å². The molecule has 1 unspecified atom stereocenters. The summed E-state index contributed by atoms with van der Waals surface area (Å²) in [6.07, 6.45) is 1.11. The monoisotopic (exact) mass is 300 g/mol. The summed E-state index contributed by atoms with van der Waals surface area (Å²) in [7, 11) is 0. The van der Waals surface area contributed by atoms with Crippen molar-refractivity contribution in [3.8, 4) is 0 Å². The second kappa shape index (κ2) is 6.61. The van der Waals surface area contributed by atoms with Crippen LogP contribution >= 0.6 is 11.6 Å². The number of halogens is 1. The molecule has 0 saturated carbocycles. The van der Waals surface area contributed by atoms with Crippen LogP contribution in [0.3, 0.4) is 0 Å². The van der Waals surface area contributed by atoms with Gasteiger partial charge in [-0.1, -0.05) is 48.0 Å². The van der Waals surface area contributed by atoms with Gasteiger partial charge in [0.25, 0.3) is 0 Å². The predicted molar refractivity (Wildman–Crippen MR) is 88.5 cm³/mol. The van der Waals surface area contributed by atoms with E-state index in [-0.39, 0.29) is 0 Å². The van der Waals surface area contributed by atoms with Gasteiger partial charge in [-0.05, 0) is 48.7 Å². The van der Waals surface area contributed by atoms with Gasteiger partial charge >= 0.3 is 0 Å². The second-order valence-electron chi connectivity index (χ2n) is 5.66. The molecule has 0 radical (unpaired) electrons. The number of nitrogens with one attached hydrogen (secondary N) is 2. The molecule has 2 nitrogen and oxygen atoms in total. The Morgan fingerprint density at radius 1 is 1.14 bits per heavy atom. The minimum absolute atomic E-state index is 0.304. The molecule has 2 N–H and O–H groups in total. The number of hydrogen-bond acceptors (Lipinski definition) is 2. The average Bonchev–Trinajstić information content (AvgIpc) is 2.71. The second-order valence-corrected chi connectivity index (χ2v) is 6.09. The van der Waals surface area contributed by atoms with Crippen LogP contribution < -0.4 is 10.6 Å². The van der Waals surface area contributed by atoms with E-state index in [0.717, 1.165) is 24.5 Å². The Bertz CT molecular complexity index is 594. The van der Waals surface area contributed by atoms with Crippen molar-refractivity contribution in [1.29, 1.82) is 0 Å². The first-order valence-electron chi connectivity index (χ1n) is 7.54. The van der Waals surface area contributed by atoms with E-state index in [9.17, 15) is 0 Å². The van der Waals surface area contributed by atoms with Crippen LogP contribution in [0.4, 0.5) is 0 Å². The summed E-state index contributed by atoms with van der Waals surface area (Å²) < 4.78 is 0. The van der Waals surface area contributed by atoms with Gasteiger partial charge in [-0.3, -0.25) is 0 Å². The highest BCUT2D eigenvalue weighted by atomic mass is 35.5. The predicted octanol–water partition coefficient (Wildman–Crippen LogP) is 4.23. The van der Waals surface area contributed by atoms with Crippen molar-refractivity contribution in [2.24, 2.45) is 0 Å². The van der Waals surface area contributed by atoms with Gasteiger partial charge < -0.3 is 10.6 Å². The Kier molecular flexibility index (Phi) is 4.59. The summed E-state index contributed by atoms with van der Waals surface area (Å²) in [5.74, 6) is 0. The summed E-state index contributed by atoms with van der Waals surface area (Å²) in [6.45, 7) is 4.22. The van der Waals surface area contributed by atoms with Crippen molar-refractivity contribution in [1.82, 2.24) is 10.6 Å². The average molecular weight is 301 g/mol. The van der Waals surface area contributed by atoms with E-state index in [0.29, 0.717) is 12.1 Å². The first kappa shape index (κ1) is 14.6. The molecular weight excluding hydrogens is 280 g/mol. The molecule has 2 atom stereocenters. The van der Waals surface area contributed by atoms with Crippen LogP contribution in [0.1, 0.15) is 42.1 Å². The quantitative estimate of drug-likeness (QED) is 0.886. The smallest absolute Gasteiger partial charge is 0.0406 e. The number of benzene rings is 2. The van der Waals surface area contributed by atoms with Crippen LogP contribution in [0.15, 0.2) is 48.5 Å². The van der Waals surface area contributed by atoms with Gasteiger partial charge in [-0.15, -0.1) is 0 Å². The maximum absolute atomic E-state index is 5.97. The third-order valence-corrected chi connectivity index (χ3v) is 4.43. The Balaban J connectivity index is 1.79. The van der Waals surface area contributed by atoms with Crippen molar-refractivity contribution >= 4 is 11.6 Å². The fraction of sp³-hybridized carbons (Fsp3) is 0.333. The minimum atomic E-state index is 0.304. The lowest BCUT2D eigenvalue weighted by molar-refractivity contribution is 0.443. The summed E-state index contributed by atoms with van der Waals surface area (Å²) >= 11 is 5.97. The Morgan fingerprint density at radius 3 is 2.71 bits per heavy atom. The van der Waals surface area contributed by atoms with Crippen LogP contribution in [-0.4, -0.2) is 6.54 Å². The zero-order valence-corrected chi connectivity index (χ0v) is 13.0. The summed E-state index contributed by atoms with van der Waals surface area (Å²) in [4.78, 5) is 0. The largest absolute Gasteiger partial charge is 0.313 e. The Morgan fingerprint density at radius 2 is 1.90 bits per heavy atom. The Hall–Kier alpha value is -1.35. The highest BCUT2D eigenvalue weighted by Gasteiger charge is 2.20. The van der Waals surface area contributed by atoms with Crippen molar-refractivity contribution in [3.05, 3.63) is 70.2 Å². The van der Waals surface area contributed by atoms with E-state index in [2.05, 4.69) is 54.0 Å². The molecule has 3 rings (SSSR count). The van der Waals surface area contributed by atoms with Crippen LogP contribution in [-0.2, 0) is 6.54 Å². The van der Waals surface area contributed by atoms with Gasteiger partial charge in [0.2, 0.25) is 0 Å². The molecule has 1 aliphatic heterocycles. The lowest BCUT2D eigenvalue weighted by Crippen LogP contribution is -2.26. The van der Waals surface area contributed by atoms with Gasteiger partial charge in [0.15, 0.2) is 0 Å². The molecule has 0 bridgehead atoms. The zero-order valence-electron chi connectivity index (χ0n) is 12.3. The van der Waals surface area contributed by atoms with E-state index in [1.165, 1.54) is 16.7 Å². The van der Waals surface area contributed by atoms with Crippen molar-refractivity contribution < 1.29 is 0 Å². The van der Waals surface area contributed by atoms with Crippen LogP contribution in [0.5, 0.6) is 0 Å². The molecule has 3 heteroatoms. The summed E-state index contributed by atoms with van der Waals surface area (Å²) in [6, 6.07) is 17.5. The standard InChI is InChI=1S/C18H21ClN2/c1-13(14-6-8-16(19)9-7-14)21-18-10-11-20-12-15-4-2-3-5-17(15)18/h2-9,13,18,20-21H,10-12H2,1H3/t13-,18?/m1/s1. The lowest BCUT2D eigenvalue weighted by Gasteiger charge is -2.24. The molecule has 0 amide bonds. The SMILES string of the molecule is C[C@@H](NC1CCNCc2ccccc21)c1ccc(Cl)cc1. The summed E-state index contributed by atoms with van der Waals surface area (Å²) in [5.41, 5.74) is 4.09. The fourth-order valence-corrected chi connectivity index (χ4v) is 3.11.